The average Bonchev–Trinajstić information content (AvgIpc) is 2.09. The SMILES string of the molecule is C=C1CN(C)CC1CC(C)=O. The fourth-order valence-corrected chi connectivity index (χ4v) is 1.60. The van der Waals surface area contributed by atoms with Crippen LogP contribution in [0.3, 0.4) is 0 Å². The predicted octanol–water partition coefficient (Wildman–Crippen LogP) is 1.08. The Hall–Kier alpha value is -0.630. The molecule has 0 aliphatic carbocycles. The summed E-state index contributed by atoms with van der Waals surface area (Å²) in [6, 6.07) is 0. The maximum absolute atomic E-state index is 10.8. The Bertz CT molecular complexity index is 186. The number of hydrogen-bond acceptors (Lipinski definition) is 2. The van der Waals surface area contributed by atoms with Gasteiger partial charge in [0, 0.05) is 25.4 Å². The van der Waals surface area contributed by atoms with Gasteiger partial charge < -0.3 is 9.69 Å². The smallest absolute Gasteiger partial charge is 0.130 e. The molecule has 1 fully saturated rings. The third-order valence-electron chi connectivity index (χ3n) is 2.12. The van der Waals surface area contributed by atoms with Crippen LogP contribution < -0.4 is 0 Å². The fourth-order valence-electron chi connectivity index (χ4n) is 1.60. The molecule has 1 aliphatic heterocycles. The first-order chi connectivity index (χ1) is 5.09. The molecule has 2 nitrogen and oxygen atoms in total. The van der Waals surface area contributed by atoms with Gasteiger partial charge in [0.1, 0.15) is 5.78 Å². The monoisotopic (exact) mass is 153 g/mol. The van der Waals surface area contributed by atoms with Crippen LogP contribution in [-0.2, 0) is 4.79 Å². The number of Topliss-reactive ketones (excluding diaryl/α,β-unsaturated/α-hetero) is 1. The van der Waals surface area contributed by atoms with Crippen molar-refractivity contribution < 1.29 is 4.79 Å². The van der Waals surface area contributed by atoms with Crippen molar-refractivity contribution in [3.05, 3.63) is 12.2 Å². The summed E-state index contributed by atoms with van der Waals surface area (Å²) in [6.07, 6.45) is 0.670. The molecule has 0 amide bonds. The number of likely N-dealkylation sites (tertiary alicyclic amines) is 1. The first kappa shape index (κ1) is 8.47. The number of rotatable bonds is 2. The molecular formula is C9H15NO. The lowest BCUT2D eigenvalue weighted by molar-refractivity contribution is -0.117. The lowest BCUT2D eigenvalue weighted by Gasteiger charge is -2.07. The van der Waals surface area contributed by atoms with E-state index in [1.165, 1.54) is 5.57 Å². The molecule has 1 saturated heterocycles. The normalized spacial score (nSPS) is 26.0. The summed E-state index contributed by atoms with van der Waals surface area (Å²) in [5.41, 5.74) is 1.21. The molecule has 0 radical (unpaired) electrons. The molecule has 0 bridgehead atoms. The van der Waals surface area contributed by atoms with Crippen LogP contribution in [0.5, 0.6) is 0 Å². The number of carbonyl (C=O) groups is 1. The van der Waals surface area contributed by atoms with Crippen molar-refractivity contribution in [2.75, 3.05) is 20.1 Å². The Kier molecular flexibility index (Phi) is 2.45. The Morgan fingerprint density at radius 2 is 2.45 bits per heavy atom. The van der Waals surface area contributed by atoms with Gasteiger partial charge in [-0.05, 0) is 14.0 Å². The van der Waals surface area contributed by atoms with Crippen molar-refractivity contribution in [3.63, 3.8) is 0 Å². The summed E-state index contributed by atoms with van der Waals surface area (Å²) in [6.45, 7) is 7.54. The molecule has 0 N–H and O–H groups in total. The minimum absolute atomic E-state index is 0.270. The lowest BCUT2D eigenvalue weighted by Crippen LogP contribution is -2.15. The van der Waals surface area contributed by atoms with E-state index in [1.807, 2.05) is 0 Å². The highest BCUT2D eigenvalue weighted by Gasteiger charge is 2.23. The van der Waals surface area contributed by atoms with Crippen molar-refractivity contribution in [2.24, 2.45) is 5.92 Å². The summed E-state index contributed by atoms with van der Waals surface area (Å²) < 4.78 is 0. The molecule has 0 aromatic heterocycles. The van der Waals surface area contributed by atoms with Crippen LogP contribution >= 0.6 is 0 Å². The standard InChI is InChI=1S/C9H15NO/c1-7-5-10(3)6-9(7)4-8(2)11/h9H,1,4-6H2,2-3H3. The number of ketones is 1. The molecule has 1 rings (SSSR count). The highest BCUT2D eigenvalue weighted by atomic mass is 16.1. The minimum Gasteiger partial charge on any atom is -0.302 e. The molecule has 0 aromatic carbocycles. The van der Waals surface area contributed by atoms with Crippen molar-refractivity contribution in [1.29, 1.82) is 0 Å². The first-order valence-corrected chi connectivity index (χ1v) is 3.95. The van der Waals surface area contributed by atoms with Crippen molar-refractivity contribution in [1.82, 2.24) is 4.90 Å². The van der Waals surface area contributed by atoms with E-state index >= 15 is 0 Å². The van der Waals surface area contributed by atoms with Gasteiger partial charge in [0.15, 0.2) is 0 Å². The van der Waals surface area contributed by atoms with Crippen molar-refractivity contribution in [3.8, 4) is 0 Å². The third-order valence-corrected chi connectivity index (χ3v) is 2.12. The van der Waals surface area contributed by atoms with E-state index in [0.717, 1.165) is 13.1 Å². The summed E-state index contributed by atoms with van der Waals surface area (Å²) in [7, 11) is 2.06. The van der Waals surface area contributed by atoms with Crippen LogP contribution in [0.25, 0.3) is 0 Å². The number of likely N-dealkylation sites (N-methyl/N-ethyl adjacent to an activating group) is 1. The van der Waals surface area contributed by atoms with E-state index in [9.17, 15) is 4.79 Å². The van der Waals surface area contributed by atoms with E-state index in [-0.39, 0.29) is 5.78 Å². The van der Waals surface area contributed by atoms with Gasteiger partial charge in [0.05, 0.1) is 0 Å². The van der Waals surface area contributed by atoms with Crippen LogP contribution in [0.1, 0.15) is 13.3 Å². The number of carbonyl (C=O) groups excluding carboxylic acids is 1. The third kappa shape index (κ3) is 2.15. The van der Waals surface area contributed by atoms with Crippen LogP contribution in [0.4, 0.5) is 0 Å². The van der Waals surface area contributed by atoms with E-state index in [0.29, 0.717) is 12.3 Å². The Labute approximate surface area is 67.9 Å². The summed E-state index contributed by atoms with van der Waals surface area (Å²) in [5.74, 6) is 0.684. The lowest BCUT2D eigenvalue weighted by atomic mass is 9.99. The second-order valence-corrected chi connectivity index (χ2v) is 3.46. The maximum atomic E-state index is 10.8. The zero-order valence-corrected chi connectivity index (χ0v) is 7.26. The second-order valence-electron chi connectivity index (χ2n) is 3.46. The quantitative estimate of drug-likeness (QED) is 0.553. The minimum atomic E-state index is 0.270. The van der Waals surface area contributed by atoms with Gasteiger partial charge in [0.25, 0.3) is 0 Å². The summed E-state index contributed by atoms with van der Waals surface area (Å²) in [5, 5.41) is 0. The highest BCUT2D eigenvalue weighted by Crippen LogP contribution is 2.22. The topological polar surface area (TPSA) is 20.3 Å². The number of nitrogens with zero attached hydrogens (tertiary/aromatic N) is 1. The van der Waals surface area contributed by atoms with E-state index in [4.69, 9.17) is 0 Å². The van der Waals surface area contributed by atoms with Crippen LogP contribution in [0, 0.1) is 5.92 Å². The molecule has 0 aromatic rings. The van der Waals surface area contributed by atoms with Crippen LogP contribution in [0.15, 0.2) is 12.2 Å². The van der Waals surface area contributed by atoms with Gasteiger partial charge in [-0.3, -0.25) is 0 Å². The molecule has 1 heterocycles. The zero-order valence-electron chi connectivity index (χ0n) is 7.26. The Balaban J connectivity index is 2.47. The van der Waals surface area contributed by atoms with Gasteiger partial charge >= 0.3 is 0 Å². The molecule has 2 heteroatoms. The van der Waals surface area contributed by atoms with Crippen molar-refractivity contribution >= 4 is 5.78 Å². The predicted molar refractivity (Wildman–Crippen MR) is 45.4 cm³/mol. The highest BCUT2D eigenvalue weighted by molar-refractivity contribution is 5.76. The van der Waals surface area contributed by atoms with Crippen LogP contribution in [0.2, 0.25) is 0 Å². The molecule has 0 spiro atoms. The molecule has 11 heavy (non-hydrogen) atoms. The van der Waals surface area contributed by atoms with Gasteiger partial charge in [-0.2, -0.15) is 0 Å². The second kappa shape index (κ2) is 3.18. The molecule has 1 aliphatic rings. The molecule has 1 atom stereocenters. The molecule has 62 valence electrons. The van der Waals surface area contributed by atoms with E-state index < -0.39 is 0 Å². The average molecular weight is 153 g/mol. The molecular weight excluding hydrogens is 138 g/mol. The van der Waals surface area contributed by atoms with Gasteiger partial charge in [-0.15, -0.1) is 0 Å². The Morgan fingerprint density at radius 3 is 2.82 bits per heavy atom. The van der Waals surface area contributed by atoms with E-state index in [2.05, 4.69) is 18.5 Å². The first-order valence-electron chi connectivity index (χ1n) is 3.95. The van der Waals surface area contributed by atoms with Crippen LogP contribution in [-0.4, -0.2) is 30.8 Å². The summed E-state index contributed by atoms with van der Waals surface area (Å²) in [4.78, 5) is 13.0. The summed E-state index contributed by atoms with van der Waals surface area (Å²) >= 11 is 0. The van der Waals surface area contributed by atoms with E-state index in [1.54, 1.807) is 6.92 Å². The van der Waals surface area contributed by atoms with Gasteiger partial charge in [-0.1, -0.05) is 12.2 Å². The molecule has 1 unspecified atom stereocenters. The maximum Gasteiger partial charge on any atom is 0.130 e. The largest absolute Gasteiger partial charge is 0.302 e. The number of hydrogen-bond donors (Lipinski definition) is 0. The Morgan fingerprint density at radius 1 is 1.82 bits per heavy atom. The zero-order chi connectivity index (χ0) is 8.43. The van der Waals surface area contributed by atoms with Gasteiger partial charge in [0.2, 0.25) is 0 Å². The van der Waals surface area contributed by atoms with Gasteiger partial charge in [-0.25, -0.2) is 0 Å². The fraction of sp³-hybridized carbons (Fsp3) is 0.667. The van der Waals surface area contributed by atoms with Crippen molar-refractivity contribution in [2.45, 2.75) is 13.3 Å². The molecule has 0 saturated carbocycles.